The summed E-state index contributed by atoms with van der Waals surface area (Å²) in [5, 5.41) is 0. The van der Waals surface area contributed by atoms with Crippen molar-refractivity contribution < 1.29 is 0 Å². The van der Waals surface area contributed by atoms with Gasteiger partial charge in [0.25, 0.3) is 0 Å². The van der Waals surface area contributed by atoms with Crippen molar-refractivity contribution in [2.24, 2.45) is 0 Å². The van der Waals surface area contributed by atoms with E-state index >= 15 is 0 Å². The van der Waals surface area contributed by atoms with Crippen LogP contribution in [0.15, 0.2) is 60.7 Å². The molecule has 0 saturated heterocycles. The summed E-state index contributed by atoms with van der Waals surface area (Å²) in [6.07, 6.45) is 3.85. The number of allylic oxidation sites excluding steroid dienone is 4. The minimum absolute atomic E-state index is 0.0363. The molecule has 0 aliphatic rings. The van der Waals surface area contributed by atoms with Crippen LogP contribution in [0.5, 0.6) is 0 Å². The van der Waals surface area contributed by atoms with Crippen LogP contribution in [0, 0.1) is 6.92 Å². The third kappa shape index (κ3) is 2.58. The van der Waals surface area contributed by atoms with E-state index in [0.717, 1.165) is 0 Å². The molecule has 0 N–H and O–H groups in total. The van der Waals surface area contributed by atoms with Crippen molar-refractivity contribution in [1.82, 2.24) is 0 Å². The van der Waals surface area contributed by atoms with E-state index in [1.807, 2.05) is 12.2 Å². The largest absolute Gasteiger partial charge is 0.0988 e. The molecule has 0 radical (unpaired) electrons. The van der Waals surface area contributed by atoms with Gasteiger partial charge in [0.15, 0.2) is 0 Å². The Labute approximate surface area is 105 Å². The highest BCUT2D eigenvalue weighted by Crippen LogP contribution is 2.35. The first-order chi connectivity index (χ1) is 7.95. The normalized spacial score (nSPS) is 12.9. The van der Waals surface area contributed by atoms with Crippen LogP contribution in [0.2, 0.25) is 0 Å². The summed E-state index contributed by atoms with van der Waals surface area (Å²) in [5.41, 5.74) is 5.05. The summed E-state index contributed by atoms with van der Waals surface area (Å²) >= 11 is 0. The number of hydrogen-bond acceptors (Lipinski definition) is 0. The predicted molar refractivity (Wildman–Crippen MR) is 77.3 cm³/mol. The van der Waals surface area contributed by atoms with Gasteiger partial charge in [0.05, 0.1) is 0 Å². The van der Waals surface area contributed by atoms with Crippen molar-refractivity contribution in [3.63, 3.8) is 0 Å². The summed E-state index contributed by atoms with van der Waals surface area (Å²) in [7, 11) is 0. The molecule has 0 nitrogen and oxygen atoms in total. The van der Waals surface area contributed by atoms with E-state index in [9.17, 15) is 0 Å². The van der Waals surface area contributed by atoms with E-state index in [0.29, 0.717) is 0 Å². The molecule has 0 heterocycles. The zero-order chi connectivity index (χ0) is 13.1. The molecule has 17 heavy (non-hydrogen) atoms. The molecule has 0 aliphatic carbocycles. The summed E-state index contributed by atoms with van der Waals surface area (Å²) in [5.74, 6) is 0. The molecular weight excluding hydrogens is 204 g/mol. The van der Waals surface area contributed by atoms with Gasteiger partial charge in [0, 0.05) is 5.41 Å². The maximum Gasteiger partial charge on any atom is 0.0151 e. The molecule has 90 valence electrons. The average Bonchev–Trinajstić information content (AvgIpc) is 2.29. The first kappa shape index (κ1) is 13.5. The molecule has 0 aromatic heterocycles. The van der Waals surface area contributed by atoms with E-state index in [1.54, 1.807) is 0 Å². The van der Waals surface area contributed by atoms with Crippen LogP contribution in [-0.4, -0.2) is 0 Å². The van der Waals surface area contributed by atoms with Gasteiger partial charge in [-0.15, -0.1) is 0 Å². The van der Waals surface area contributed by atoms with Crippen molar-refractivity contribution in [1.29, 1.82) is 0 Å². The van der Waals surface area contributed by atoms with Crippen molar-refractivity contribution in [3.8, 4) is 0 Å². The van der Waals surface area contributed by atoms with Crippen molar-refractivity contribution >= 4 is 0 Å². The Morgan fingerprint density at radius 3 is 2.18 bits per heavy atom. The van der Waals surface area contributed by atoms with Crippen LogP contribution >= 0.6 is 0 Å². The van der Waals surface area contributed by atoms with Gasteiger partial charge in [-0.1, -0.05) is 63.4 Å². The number of rotatable bonds is 4. The second-order valence-electron chi connectivity index (χ2n) is 4.94. The Morgan fingerprint density at radius 1 is 1.12 bits per heavy atom. The highest BCUT2D eigenvalue weighted by molar-refractivity contribution is 5.46. The Bertz CT molecular complexity index is 459. The molecule has 0 fully saturated rings. The van der Waals surface area contributed by atoms with Crippen molar-refractivity contribution in [2.75, 3.05) is 0 Å². The topological polar surface area (TPSA) is 0 Å². The third-order valence-electron chi connectivity index (χ3n) is 3.43. The molecule has 0 bridgehead atoms. The molecule has 0 spiro atoms. The smallest absolute Gasteiger partial charge is 0.0151 e. The molecule has 0 amide bonds. The van der Waals surface area contributed by atoms with E-state index in [2.05, 4.69) is 65.1 Å². The monoisotopic (exact) mass is 226 g/mol. The van der Waals surface area contributed by atoms with Gasteiger partial charge in [0.1, 0.15) is 0 Å². The molecule has 0 aliphatic heterocycles. The lowest BCUT2D eigenvalue weighted by Gasteiger charge is -2.30. The molecule has 0 saturated carbocycles. The summed E-state index contributed by atoms with van der Waals surface area (Å²) in [6.45, 7) is 16.5. The van der Waals surface area contributed by atoms with Gasteiger partial charge in [-0.2, -0.15) is 0 Å². The van der Waals surface area contributed by atoms with Gasteiger partial charge in [-0.05, 0) is 36.1 Å². The van der Waals surface area contributed by atoms with Gasteiger partial charge >= 0.3 is 0 Å². The lowest BCUT2D eigenvalue weighted by molar-refractivity contribution is 0.630. The Hall–Kier alpha value is -1.56. The standard InChI is InChI=1S/C17H22/c1-7-13(3)15(8-2)17(5,6)16-12-10-9-11-14(16)4/h7-12H,1-2H2,3-6H3/b15-13+. The summed E-state index contributed by atoms with van der Waals surface area (Å²) in [4.78, 5) is 0. The van der Waals surface area contributed by atoms with E-state index in [4.69, 9.17) is 0 Å². The number of benzene rings is 1. The van der Waals surface area contributed by atoms with Gasteiger partial charge in [0.2, 0.25) is 0 Å². The SMILES string of the molecule is C=C/C(C)=C(\C=C)C(C)(C)c1ccccc1C. The van der Waals surface area contributed by atoms with Gasteiger partial charge < -0.3 is 0 Å². The molecule has 0 atom stereocenters. The summed E-state index contributed by atoms with van der Waals surface area (Å²) < 4.78 is 0. The molecule has 1 aromatic carbocycles. The molecule has 0 unspecified atom stereocenters. The summed E-state index contributed by atoms with van der Waals surface area (Å²) in [6, 6.07) is 8.51. The number of aryl methyl sites for hydroxylation is 1. The van der Waals surface area contributed by atoms with E-state index in [-0.39, 0.29) is 5.41 Å². The Morgan fingerprint density at radius 2 is 1.71 bits per heavy atom. The molecule has 0 heteroatoms. The van der Waals surface area contributed by atoms with Crippen molar-refractivity contribution in [3.05, 3.63) is 71.8 Å². The zero-order valence-electron chi connectivity index (χ0n) is 11.4. The average molecular weight is 226 g/mol. The first-order valence-corrected chi connectivity index (χ1v) is 5.97. The lowest BCUT2D eigenvalue weighted by atomic mass is 9.74. The minimum Gasteiger partial charge on any atom is -0.0988 e. The second-order valence-corrected chi connectivity index (χ2v) is 4.94. The van der Waals surface area contributed by atoms with Crippen LogP contribution < -0.4 is 0 Å². The fraction of sp³-hybridized carbons (Fsp3) is 0.294. The van der Waals surface area contributed by atoms with Crippen LogP contribution in [0.25, 0.3) is 0 Å². The molecular formula is C17H22. The van der Waals surface area contributed by atoms with E-state index < -0.39 is 0 Å². The van der Waals surface area contributed by atoms with Crippen LogP contribution in [0.1, 0.15) is 31.9 Å². The number of hydrogen-bond donors (Lipinski definition) is 0. The maximum absolute atomic E-state index is 3.95. The van der Waals surface area contributed by atoms with Crippen LogP contribution in [-0.2, 0) is 5.41 Å². The first-order valence-electron chi connectivity index (χ1n) is 5.97. The molecule has 1 rings (SSSR count). The van der Waals surface area contributed by atoms with Gasteiger partial charge in [-0.25, -0.2) is 0 Å². The Kier molecular flexibility index (Phi) is 4.11. The Balaban J connectivity index is 3.42. The maximum atomic E-state index is 3.95. The quantitative estimate of drug-likeness (QED) is 0.636. The predicted octanol–water partition coefficient (Wildman–Crippen LogP) is 4.96. The minimum atomic E-state index is -0.0363. The van der Waals surface area contributed by atoms with Crippen LogP contribution in [0.3, 0.4) is 0 Å². The highest BCUT2D eigenvalue weighted by atomic mass is 14.3. The van der Waals surface area contributed by atoms with Crippen LogP contribution in [0.4, 0.5) is 0 Å². The third-order valence-corrected chi connectivity index (χ3v) is 3.43. The fourth-order valence-electron chi connectivity index (χ4n) is 2.44. The zero-order valence-corrected chi connectivity index (χ0v) is 11.4. The van der Waals surface area contributed by atoms with E-state index in [1.165, 1.54) is 22.3 Å². The fourth-order valence-corrected chi connectivity index (χ4v) is 2.44. The highest BCUT2D eigenvalue weighted by Gasteiger charge is 2.26. The second kappa shape index (κ2) is 5.18. The molecule has 1 aromatic rings. The van der Waals surface area contributed by atoms with Crippen molar-refractivity contribution in [2.45, 2.75) is 33.1 Å². The van der Waals surface area contributed by atoms with Gasteiger partial charge in [-0.3, -0.25) is 0 Å². The lowest BCUT2D eigenvalue weighted by Crippen LogP contribution is -2.21.